The molecule has 9 nitrogen and oxygen atoms in total. The van der Waals surface area contributed by atoms with Crippen LogP contribution < -0.4 is 24.5 Å². The zero-order valence-corrected chi connectivity index (χ0v) is 22.8. The molecular formula is C29H27N3O6S. The molecule has 0 saturated carbocycles. The molecule has 3 aromatic rings. The second kappa shape index (κ2) is 10.5. The fraction of sp³-hybridized carbons (Fsp3) is 0.276. The maximum absolute atomic E-state index is 14.1. The van der Waals surface area contributed by atoms with Gasteiger partial charge in [0.2, 0.25) is 0 Å². The van der Waals surface area contributed by atoms with Crippen LogP contribution in [-0.4, -0.2) is 36.1 Å². The number of carbonyl (C=O) groups excluding carboxylic acids is 3. The zero-order chi connectivity index (χ0) is 27.8. The van der Waals surface area contributed by atoms with E-state index in [4.69, 9.17) is 9.47 Å². The van der Waals surface area contributed by atoms with E-state index in [0.29, 0.717) is 39.5 Å². The van der Waals surface area contributed by atoms with Gasteiger partial charge >= 0.3 is 11.9 Å². The van der Waals surface area contributed by atoms with E-state index in [1.807, 2.05) is 24.3 Å². The van der Waals surface area contributed by atoms with Gasteiger partial charge in [-0.25, -0.2) is 9.79 Å². The first-order chi connectivity index (χ1) is 18.8. The van der Waals surface area contributed by atoms with Crippen LogP contribution in [0.25, 0.3) is 5.57 Å². The lowest BCUT2D eigenvalue weighted by Gasteiger charge is -2.24. The third kappa shape index (κ3) is 4.50. The second-order valence-electron chi connectivity index (χ2n) is 9.26. The zero-order valence-electron chi connectivity index (χ0n) is 22.0. The molecule has 5 rings (SSSR count). The minimum absolute atomic E-state index is 0.212. The number of unbranched alkanes of at least 4 members (excludes halogenated alkanes) is 1. The van der Waals surface area contributed by atoms with Crippen LogP contribution in [0.1, 0.15) is 50.8 Å². The Kier molecular flexibility index (Phi) is 7.05. The molecule has 0 aliphatic carbocycles. The maximum atomic E-state index is 14.1. The Balaban J connectivity index is 1.75. The van der Waals surface area contributed by atoms with Gasteiger partial charge in [-0.1, -0.05) is 55.0 Å². The number of aromatic nitrogens is 1. The van der Waals surface area contributed by atoms with Crippen LogP contribution in [0, 0.1) is 0 Å². The number of nitrogens with zero attached hydrogens (tertiary/aromatic N) is 3. The maximum Gasteiger partial charge on any atom is 0.338 e. The van der Waals surface area contributed by atoms with Crippen LogP contribution in [-0.2, 0) is 19.1 Å². The number of benzene rings is 2. The Bertz CT molecular complexity index is 1710. The minimum atomic E-state index is -0.850. The summed E-state index contributed by atoms with van der Waals surface area (Å²) in [5.74, 6) is -0.961. The van der Waals surface area contributed by atoms with Gasteiger partial charge in [0.05, 0.1) is 35.7 Å². The van der Waals surface area contributed by atoms with Gasteiger partial charge in [0.25, 0.3) is 11.5 Å². The van der Waals surface area contributed by atoms with E-state index in [0.717, 1.165) is 29.9 Å². The molecule has 3 heterocycles. The van der Waals surface area contributed by atoms with E-state index in [9.17, 15) is 19.2 Å². The Morgan fingerprint density at radius 2 is 1.79 bits per heavy atom. The molecule has 200 valence electrons. The van der Waals surface area contributed by atoms with Gasteiger partial charge in [0, 0.05) is 19.0 Å². The van der Waals surface area contributed by atoms with E-state index < -0.39 is 23.5 Å². The molecule has 1 amide bonds. The summed E-state index contributed by atoms with van der Waals surface area (Å²) in [7, 11) is 1.27. The molecule has 0 spiro atoms. The van der Waals surface area contributed by atoms with Crippen molar-refractivity contribution < 1.29 is 23.9 Å². The first kappa shape index (κ1) is 26.3. The average Bonchev–Trinajstić information content (AvgIpc) is 3.38. The molecule has 1 aromatic heterocycles. The molecule has 0 radical (unpaired) electrons. The number of thiazole rings is 1. The molecular weight excluding hydrogens is 518 g/mol. The molecule has 39 heavy (non-hydrogen) atoms. The molecule has 0 N–H and O–H groups in total. The molecule has 1 atom stereocenters. The van der Waals surface area contributed by atoms with Gasteiger partial charge in [-0.05, 0) is 37.1 Å². The molecule has 2 aliphatic rings. The fourth-order valence-corrected chi connectivity index (χ4v) is 6.12. The fourth-order valence-electron chi connectivity index (χ4n) is 4.98. The van der Waals surface area contributed by atoms with Crippen LogP contribution in [0.4, 0.5) is 5.69 Å². The summed E-state index contributed by atoms with van der Waals surface area (Å²) in [6.45, 7) is 5.61. The third-order valence-corrected chi connectivity index (χ3v) is 7.80. The van der Waals surface area contributed by atoms with Crippen molar-refractivity contribution >= 4 is 40.4 Å². The smallest absolute Gasteiger partial charge is 0.338 e. The number of esters is 2. The largest absolute Gasteiger partial charge is 0.466 e. The number of amides is 1. The SMILES string of the molecule is CCCCN1C(=O)C(=c2sc3n(c2=O)[C@@H](c2ccc(OC(C)=O)cc2)C(C(=O)OC)=C(C)N=3)c2ccccc21. The standard InChI is InChI=1S/C29H27N3O6S/c1-5-6-15-31-21-10-8-7-9-20(21)23(26(31)34)25-27(35)32-24(18-11-13-19(14-12-18)38-17(3)33)22(28(36)37-4)16(2)30-29(32)39-25/h7-14,24H,5-6,15H2,1-4H3/t24-/m0/s1. The lowest BCUT2D eigenvalue weighted by Crippen LogP contribution is -2.40. The minimum Gasteiger partial charge on any atom is -0.466 e. The van der Waals surface area contributed by atoms with Gasteiger partial charge in [0.15, 0.2) is 4.80 Å². The Morgan fingerprint density at radius 3 is 2.46 bits per heavy atom. The summed E-state index contributed by atoms with van der Waals surface area (Å²) in [5, 5.41) is 0. The van der Waals surface area contributed by atoms with Gasteiger partial charge < -0.3 is 14.4 Å². The Morgan fingerprint density at radius 1 is 1.08 bits per heavy atom. The van der Waals surface area contributed by atoms with Crippen LogP contribution in [0.2, 0.25) is 0 Å². The first-order valence-corrected chi connectivity index (χ1v) is 13.4. The lowest BCUT2D eigenvalue weighted by molar-refractivity contribution is -0.136. The molecule has 0 bridgehead atoms. The van der Waals surface area contributed by atoms with Crippen LogP contribution in [0.3, 0.4) is 0 Å². The van der Waals surface area contributed by atoms with Crippen LogP contribution in [0.15, 0.2) is 69.6 Å². The number of methoxy groups -OCH3 is 1. The number of anilines is 1. The summed E-state index contributed by atoms with van der Waals surface area (Å²) in [6, 6.07) is 13.2. The van der Waals surface area contributed by atoms with E-state index >= 15 is 0 Å². The van der Waals surface area contributed by atoms with Gasteiger partial charge in [0.1, 0.15) is 10.3 Å². The number of rotatable bonds is 6. The van der Waals surface area contributed by atoms with Crippen molar-refractivity contribution in [3.05, 3.63) is 90.6 Å². The number of ether oxygens (including phenoxy) is 2. The summed E-state index contributed by atoms with van der Waals surface area (Å²) in [4.78, 5) is 58.8. The van der Waals surface area contributed by atoms with Crippen molar-refractivity contribution in [1.82, 2.24) is 4.57 Å². The average molecular weight is 546 g/mol. The van der Waals surface area contributed by atoms with E-state index in [-0.39, 0.29) is 16.0 Å². The number of para-hydroxylation sites is 1. The third-order valence-electron chi connectivity index (χ3n) is 6.75. The van der Waals surface area contributed by atoms with E-state index in [1.54, 1.807) is 36.1 Å². The predicted octanol–water partition coefficient (Wildman–Crippen LogP) is 2.85. The van der Waals surface area contributed by atoms with Gasteiger partial charge in [-0.2, -0.15) is 0 Å². The molecule has 0 fully saturated rings. The Hall–Kier alpha value is -4.31. The highest BCUT2D eigenvalue weighted by Crippen LogP contribution is 2.36. The molecule has 0 unspecified atom stereocenters. The molecule has 10 heteroatoms. The molecule has 0 saturated heterocycles. The number of fused-ring (bicyclic) bond motifs is 2. The normalized spacial score (nSPS) is 17.5. The number of hydrogen-bond donors (Lipinski definition) is 0. The lowest BCUT2D eigenvalue weighted by atomic mass is 9.96. The van der Waals surface area contributed by atoms with Gasteiger partial charge in [-0.3, -0.25) is 19.0 Å². The highest BCUT2D eigenvalue weighted by Gasteiger charge is 2.37. The highest BCUT2D eigenvalue weighted by molar-refractivity contribution is 7.07. The van der Waals surface area contributed by atoms with Crippen molar-refractivity contribution in [2.24, 2.45) is 4.99 Å². The summed E-state index contributed by atoms with van der Waals surface area (Å²) < 4.78 is 11.9. The van der Waals surface area contributed by atoms with Crippen molar-refractivity contribution in [3.63, 3.8) is 0 Å². The van der Waals surface area contributed by atoms with E-state index in [1.165, 1.54) is 18.6 Å². The number of hydrogen-bond acceptors (Lipinski definition) is 8. The monoisotopic (exact) mass is 545 g/mol. The first-order valence-electron chi connectivity index (χ1n) is 12.6. The topological polar surface area (TPSA) is 107 Å². The number of allylic oxidation sites excluding steroid dienone is 1. The van der Waals surface area contributed by atoms with Crippen LogP contribution in [0.5, 0.6) is 5.75 Å². The second-order valence-corrected chi connectivity index (χ2v) is 10.2. The Labute approximate surface area is 228 Å². The summed E-state index contributed by atoms with van der Waals surface area (Å²) >= 11 is 1.13. The predicted molar refractivity (Wildman–Crippen MR) is 146 cm³/mol. The summed E-state index contributed by atoms with van der Waals surface area (Å²) in [5.41, 5.74) is 2.63. The summed E-state index contributed by atoms with van der Waals surface area (Å²) in [6.07, 6.45) is 1.76. The van der Waals surface area contributed by atoms with Crippen molar-refractivity contribution in [2.75, 3.05) is 18.6 Å². The number of carbonyl (C=O) groups is 3. The van der Waals surface area contributed by atoms with Gasteiger partial charge in [-0.15, -0.1) is 0 Å². The highest BCUT2D eigenvalue weighted by atomic mass is 32.1. The van der Waals surface area contributed by atoms with Crippen molar-refractivity contribution in [1.29, 1.82) is 0 Å². The quantitative estimate of drug-likeness (QED) is 0.348. The van der Waals surface area contributed by atoms with Crippen molar-refractivity contribution in [3.8, 4) is 5.75 Å². The molecule has 2 aromatic carbocycles. The van der Waals surface area contributed by atoms with E-state index in [2.05, 4.69) is 11.9 Å². The van der Waals surface area contributed by atoms with Crippen molar-refractivity contribution in [2.45, 2.75) is 39.7 Å². The molecule has 2 aliphatic heterocycles. The van der Waals surface area contributed by atoms with Crippen LogP contribution >= 0.6 is 11.3 Å².